The number of phosphoric ester groups is 1. The van der Waals surface area contributed by atoms with E-state index in [0.717, 1.165) is 11.3 Å². The molecule has 0 unspecified atom stereocenters. The van der Waals surface area contributed by atoms with Crippen LogP contribution in [0.2, 0.25) is 0 Å². The van der Waals surface area contributed by atoms with Gasteiger partial charge in [-0.15, -0.1) is 0 Å². The molecule has 2 N–H and O–H groups in total. The van der Waals surface area contributed by atoms with Gasteiger partial charge in [0.25, 0.3) is 0 Å². The third-order valence-electron chi connectivity index (χ3n) is 2.35. The molecule has 0 saturated carbocycles. The molecule has 0 spiro atoms. The predicted molar refractivity (Wildman–Crippen MR) is 68.4 cm³/mol. The summed E-state index contributed by atoms with van der Waals surface area (Å²) >= 11 is 0. The predicted octanol–water partition coefficient (Wildman–Crippen LogP) is 1.38. The van der Waals surface area contributed by atoms with E-state index in [1.54, 1.807) is 7.11 Å². The zero-order chi connectivity index (χ0) is 13.6. The van der Waals surface area contributed by atoms with Crippen molar-refractivity contribution in [3.05, 3.63) is 29.8 Å². The molecule has 1 aromatic rings. The molecular formula is C11H18NO5P. The van der Waals surface area contributed by atoms with Crippen molar-refractivity contribution in [2.75, 3.05) is 32.2 Å². The molecule has 0 saturated heterocycles. The second-order valence-corrected chi connectivity index (χ2v) is 5.09. The molecule has 1 aromatic carbocycles. The summed E-state index contributed by atoms with van der Waals surface area (Å²) in [5, 5.41) is 0. The number of rotatable bonds is 7. The normalized spacial score (nSPS) is 11.6. The van der Waals surface area contributed by atoms with Crippen molar-refractivity contribution >= 4 is 13.5 Å². The Kier molecular flexibility index (Phi) is 5.78. The van der Waals surface area contributed by atoms with E-state index in [9.17, 15) is 4.57 Å². The average molecular weight is 275 g/mol. The second kappa shape index (κ2) is 6.87. The summed E-state index contributed by atoms with van der Waals surface area (Å²) in [4.78, 5) is 19.0. The molecular weight excluding hydrogens is 257 g/mol. The highest BCUT2D eigenvalue weighted by molar-refractivity contribution is 7.46. The quantitative estimate of drug-likeness (QED) is 0.732. The molecule has 0 fully saturated rings. The summed E-state index contributed by atoms with van der Waals surface area (Å²) in [7, 11) is -0.923. The number of ether oxygens (including phenoxy) is 1. The standard InChI is InChI=1S/C11H18NO5P/c1-12(6-7-17-18(13,14)15)11-5-3-4-10(8-11)9-16-2/h3-5,8H,6-7,9H2,1-2H3,(H2,13,14,15). The molecule has 0 aromatic heterocycles. The van der Waals surface area contributed by atoms with Crippen molar-refractivity contribution in [2.24, 2.45) is 0 Å². The summed E-state index contributed by atoms with van der Waals surface area (Å²) in [6.45, 7) is 0.886. The Morgan fingerprint density at radius 2 is 2.11 bits per heavy atom. The molecule has 0 atom stereocenters. The van der Waals surface area contributed by atoms with Crippen molar-refractivity contribution in [3.8, 4) is 0 Å². The Balaban J connectivity index is 2.53. The maximum absolute atomic E-state index is 10.5. The fourth-order valence-electron chi connectivity index (χ4n) is 1.48. The Hall–Kier alpha value is -0.910. The first-order valence-corrected chi connectivity index (χ1v) is 6.94. The maximum Gasteiger partial charge on any atom is 0.469 e. The van der Waals surface area contributed by atoms with Crippen molar-refractivity contribution in [2.45, 2.75) is 6.61 Å². The Bertz CT molecular complexity index is 420. The van der Waals surface area contributed by atoms with Crippen molar-refractivity contribution in [3.63, 3.8) is 0 Å². The van der Waals surface area contributed by atoms with Crippen LogP contribution in [0, 0.1) is 0 Å². The van der Waals surface area contributed by atoms with E-state index in [1.165, 1.54) is 0 Å². The summed E-state index contributed by atoms with van der Waals surface area (Å²) in [6, 6.07) is 7.73. The zero-order valence-electron chi connectivity index (χ0n) is 10.4. The summed E-state index contributed by atoms with van der Waals surface area (Å²) < 4.78 is 20.0. The van der Waals surface area contributed by atoms with E-state index in [4.69, 9.17) is 14.5 Å². The number of anilines is 1. The van der Waals surface area contributed by atoms with Gasteiger partial charge in [-0.25, -0.2) is 4.57 Å². The highest BCUT2D eigenvalue weighted by atomic mass is 31.2. The molecule has 102 valence electrons. The molecule has 6 nitrogen and oxygen atoms in total. The third kappa shape index (κ3) is 5.62. The number of phosphoric acid groups is 1. The van der Waals surface area contributed by atoms with E-state index in [-0.39, 0.29) is 6.61 Å². The fourth-order valence-corrected chi connectivity index (χ4v) is 1.80. The van der Waals surface area contributed by atoms with Crippen LogP contribution in [0.15, 0.2) is 24.3 Å². The zero-order valence-corrected chi connectivity index (χ0v) is 11.3. The smallest absolute Gasteiger partial charge is 0.380 e. The molecule has 0 aliphatic carbocycles. The van der Waals surface area contributed by atoms with Crippen LogP contribution in [0.3, 0.4) is 0 Å². The van der Waals surface area contributed by atoms with Gasteiger partial charge in [0.05, 0.1) is 13.2 Å². The number of likely N-dealkylation sites (N-methyl/N-ethyl adjacent to an activating group) is 1. The summed E-state index contributed by atoms with van der Waals surface area (Å²) in [5.74, 6) is 0. The minimum Gasteiger partial charge on any atom is -0.380 e. The van der Waals surface area contributed by atoms with Gasteiger partial charge in [-0.3, -0.25) is 4.52 Å². The average Bonchev–Trinajstić information content (AvgIpc) is 2.28. The molecule has 0 radical (unpaired) electrons. The Morgan fingerprint density at radius 3 is 2.72 bits per heavy atom. The van der Waals surface area contributed by atoms with Gasteiger partial charge in [0.15, 0.2) is 0 Å². The van der Waals surface area contributed by atoms with Gasteiger partial charge in [0.2, 0.25) is 0 Å². The number of nitrogens with zero attached hydrogens (tertiary/aromatic N) is 1. The van der Waals surface area contributed by atoms with Crippen LogP contribution in [0.4, 0.5) is 5.69 Å². The van der Waals surface area contributed by atoms with Crippen LogP contribution < -0.4 is 4.90 Å². The van der Waals surface area contributed by atoms with Gasteiger partial charge in [0.1, 0.15) is 0 Å². The second-order valence-electron chi connectivity index (χ2n) is 3.85. The SMILES string of the molecule is COCc1cccc(N(C)CCOP(=O)(O)O)c1. The number of hydrogen-bond acceptors (Lipinski definition) is 4. The van der Waals surface area contributed by atoms with Gasteiger partial charge < -0.3 is 19.4 Å². The first-order chi connectivity index (χ1) is 8.42. The number of hydrogen-bond donors (Lipinski definition) is 2. The fraction of sp³-hybridized carbons (Fsp3) is 0.455. The van der Waals surface area contributed by atoms with Crippen molar-refractivity contribution in [1.82, 2.24) is 0 Å². The number of benzene rings is 1. The summed E-state index contributed by atoms with van der Waals surface area (Å²) in [5.41, 5.74) is 1.98. The van der Waals surface area contributed by atoms with Crippen LogP contribution in [0.5, 0.6) is 0 Å². The molecule has 0 bridgehead atoms. The van der Waals surface area contributed by atoms with Crippen molar-refractivity contribution in [1.29, 1.82) is 0 Å². The van der Waals surface area contributed by atoms with E-state index in [0.29, 0.717) is 13.2 Å². The van der Waals surface area contributed by atoms with Crippen LogP contribution in [-0.4, -0.2) is 37.1 Å². The van der Waals surface area contributed by atoms with E-state index >= 15 is 0 Å². The van der Waals surface area contributed by atoms with Crippen LogP contribution in [-0.2, 0) is 20.4 Å². The lowest BCUT2D eigenvalue weighted by Crippen LogP contribution is -2.22. The maximum atomic E-state index is 10.5. The Labute approximate surface area is 106 Å². The van der Waals surface area contributed by atoms with E-state index in [2.05, 4.69) is 4.52 Å². The molecule has 0 aliphatic rings. The number of methoxy groups -OCH3 is 1. The molecule has 0 heterocycles. The molecule has 18 heavy (non-hydrogen) atoms. The highest BCUT2D eigenvalue weighted by Crippen LogP contribution is 2.35. The first-order valence-electron chi connectivity index (χ1n) is 5.41. The monoisotopic (exact) mass is 275 g/mol. The topological polar surface area (TPSA) is 79.2 Å². The highest BCUT2D eigenvalue weighted by Gasteiger charge is 2.13. The van der Waals surface area contributed by atoms with Gasteiger partial charge in [-0.05, 0) is 17.7 Å². The minimum absolute atomic E-state index is 0.0325. The van der Waals surface area contributed by atoms with Crippen LogP contribution in [0.1, 0.15) is 5.56 Å². The minimum atomic E-state index is -4.38. The first kappa shape index (κ1) is 15.1. The lowest BCUT2D eigenvalue weighted by molar-refractivity contribution is 0.185. The van der Waals surface area contributed by atoms with Crippen LogP contribution in [0.25, 0.3) is 0 Å². The van der Waals surface area contributed by atoms with Gasteiger partial charge in [0, 0.05) is 26.4 Å². The van der Waals surface area contributed by atoms with Crippen molar-refractivity contribution < 1.29 is 23.6 Å². The van der Waals surface area contributed by atoms with Gasteiger partial charge >= 0.3 is 7.82 Å². The lowest BCUT2D eigenvalue weighted by Gasteiger charge is -2.20. The third-order valence-corrected chi connectivity index (χ3v) is 2.87. The van der Waals surface area contributed by atoms with E-state index in [1.807, 2.05) is 36.2 Å². The van der Waals surface area contributed by atoms with Gasteiger partial charge in [-0.1, -0.05) is 12.1 Å². The van der Waals surface area contributed by atoms with E-state index < -0.39 is 7.82 Å². The molecule has 0 amide bonds. The molecule has 0 aliphatic heterocycles. The molecule has 1 rings (SSSR count). The summed E-state index contributed by atoms with van der Waals surface area (Å²) in [6.07, 6.45) is 0. The van der Waals surface area contributed by atoms with Gasteiger partial charge in [-0.2, -0.15) is 0 Å². The Morgan fingerprint density at radius 1 is 1.39 bits per heavy atom. The largest absolute Gasteiger partial charge is 0.469 e. The lowest BCUT2D eigenvalue weighted by atomic mass is 10.2. The molecule has 7 heteroatoms. The van der Waals surface area contributed by atoms with Crippen LogP contribution >= 0.6 is 7.82 Å².